The van der Waals surface area contributed by atoms with Crippen molar-refractivity contribution in [3.8, 4) is 5.75 Å². The first kappa shape index (κ1) is 25.3. The molecule has 36 heavy (non-hydrogen) atoms. The Morgan fingerprint density at radius 2 is 1.78 bits per heavy atom. The molecule has 3 aromatic carbocycles. The molecule has 1 aromatic heterocycles. The summed E-state index contributed by atoms with van der Waals surface area (Å²) in [5, 5.41) is 8.60. The molecule has 4 aromatic rings. The molecule has 9 heteroatoms. The zero-order valence-corrected chi connectivity index (χ0v) is 20.9. The minimum atomic E-state index is -0.913. The van der Waals surface area contributed by atoms with Gasteiger partial charge in [-0.25, -0.2) is 5.43 Å². The zero-order chi connectivity index (χ0) is 25.5. The molecule has 0 aliphatic heterocycles. The molecule has 0 saturated carbocycles. The van der Waals surface area contributed by atoms with E-state index in [1.165, 1.54) is 6.07 Å². The van der Waals surface area contributed by atoms with Crippen LogP contribution in [0, 0.1) is 0 Å². The summed E-state index contributed by atoms with van der Waals surface area (Å²) in [6, 6.07) is 21.0. The predicted molar refractivity (Wildman–Crippen MR) is 143 cm³/mol. The van der Waals surface area contributed by atoms with Crippen LogP contribution < -0.4 is 15.5 Å². The summed E-state index contributed by atoms with van der Waals surface area (Å²) in [5.41, 5.74) is 5.22. The lowest BCUT2D eigenvalue weighted by atomic mass is 10.1. The summed E-state index contributed by atoms with van der Waals surface area (Å²) in [7, 11) is 0. The Morgan fingerprint density at radius 3 is 2.56 bits per heavy atom. The molecule has 1 heterocycles. The lowest BCUT2D eigenvalue weighted by Crippen LogP contribution is -2.50. The molecule has 0 bridgehead atoms. The van der Waals surface area contributed by atoms with Crippen LogP contribution >= 0.6 is 23.2 Å². The van der Waals surface area contributed by atoms with Crippen LogP contribution in [-0.4, -0.2) is 35.2 Å². The minimum Gasteiger partial charge on any atom is -0.479 e. The first-order valence-electron chi connectivity index (χ1n) is 11.3. The number of rotatable bonds is 9. The van der Waals surface area contributed by atoms with Gasteiger partial charge in [-0.2, -0.15) is 5.10 Å². The number of hydrogen-bond donors (Lipinski definition) is 3. The highest BCUT2D eigenvalue weighted by molar-refractivity contribution is 6.35. The number of aromatic amines is 1. The maximum Gasteiger partial charge on any atom is 0.262 e. The maximum absolute atomic E-state index is 13.0. The van der Waals surface area contributed by atoms with Gasteiger partial charge in [0.2, 0.25) is 0 Å². The van der Waals surface area contributed by atoms with E-state index in [-0.39, 0.29) is 11.4 Å². The quantitative estimate of drug-likeness (QED) is 0.210. The third-order valence-electron chi connectivity index (χ3n) is 5.48. The van der Waals surface area contributed by atoms with E-state index in [2.05, 4.69) is 20.8 Å². The van der Waals surface area contributed by atoms with Crippen molar-refractivity contribution in [3.63, 3.8) is 0 Å². The van der Waals surface area contributed by atoms with Crippen molar-refractivity contribution in [2.24, 2.45) is 5.10 Å². The molecule has 0 saturated heterocycles. The molecule has 2 amide bonds. The van der Waals surface area contributed by atoms with Crippen LogP contribution in [0.5, 0.6) is 5.75 Å². The molecule has 4 rings (SSSR count). The molecule has 0 aliphatic carbocycles. The maximum atomic E-state index is 13.0. The normalized spacial score (nSPS) is 12.9. The first-order chi connectivity index (χ1) is 17.4. The number of aromatic nitrogens is 1. The number of carbonyl (C=O) groups excluding carboxylic acids is 2. The van der Waals surface area contributed by atoms with Crippen LogP contribution in [-0.2, 0) is 16.0 Å². The Morgan fingerprint density at radius 1 is 1.03 bits per heavy atom. The van der Waals surface area contributed by atoms with Gasteiger partial charge in [-0.05, 0) is 36.8 Å². The molecule has 0 aliphatic rings. The summed E-state index contributed by atoms with van der Waals surface area (Å²) in [6.45, 7) is 1.58. The van der Waals surface area contributed by atoms with Crippen LogP contribution in [0.3, 0.4) is 0 Å². The summed E-state index contributed by atoms with van der Waals surface area (Å²) >= 11 is 12.1. The number of carbonyl (C=O) groups is 2. The molecule has 2 atom stereocenters. The number of para-hydroxylation sites is 1. The molecule has 0 fully saturated rings. The Labute approximate surface area is 218 Å². The van der Waals surface area contributed by atoms with Gasteiger partial charge in [-0.3, -0.25) is 9.59 Å². The lowest BCUT2D eigenvalue weighted by molar-refractivity contribution is -0.132. The topological polar surface area (TPSA) is 95.6 Å². The van der Waals surface area contributed by atoms with Gasteiger partial charge >= 0.3 is 0 Å². The highest BCUT2D eigenvalue weighted by atomic mass is 35.5. The van der Waals surface area contributed by atoms with Gasteiger partial charge in [-0.15, -0.1) is 0 Å². The highest BCUT2D eigenvalue weighted by Crippen LogP contribution is 2.28. The lowest BCUT2D eigenvalue weighted by Gasteiger charge is -2.21. The van der Waals surface area contributed by atoms with Crippen molar-refractivity contribution >= 4 is 52.1 Å². The molecule has 184 valence electrons. The minimum absolute atomic E-state index is 0.273. The molecule has 0 radical (unpaired) electrons. The predicted octanol–water partition coefficient (Wildman–Crippen LogP) is 5.12. The van der Waals surface area contributed by atoms with Crippen molar-refractivity contribution in [3.05, 3.63) is 100 Å². The first-order valence-corrected chi connectivity index (χ1v) is 12.0. The summed E-state index contributed by atoms with van der Waals surface area (Å²) < 4.78 is 5.70. The second-order valence-electron chi connectivity index (χ2n) is 8.11. The molecular formula is C27H24Cl2N4O3. The van der Waals surface area contributed by atoms with Gasteiger partial charge in [0.1, 0.15) is 11.8 Å². The van der Waals surface area contributed by atoms with Crippen LogP contribution in [0.1, 0.15) is 18.1 Å². The summed E-state index contributed by atoms with van der Waals surface area (Å²) in [5.74, 6) is -0.617. The van der Waals surface area contributed by atoms with E-state index in [1.807, 2.05) is 60.8 Å². The van der Waals surface area contributed by atoms with E-state index in [1.54, 1.807) is 25.3 Å². The van der Waals surface area contributed by atoms with E-state index < -0.39 is 24.0 Å². The third-order valence-corrected chi connectivity index (χ3v) is 6.01. The Kier molecular flexibility index (Phi) is 8.25. The highest BCUT2D eigenvalue weighted by Gasteiger charge is 2.25. The number of H-pyrrole nitrogens is 1. The SMILES string of the molecule is C[C@@H](Oc1ccc(Cl)cc1Cl)C(=O)N[C@@H](Cc1ccccc1)C(=O)N/N=C\c1c[nH]c2ccccc12. The summed E-state index contributed by atoms with van der Waals surface area (Å²) in [4.78, 5) is 29.1. The van der Waals surface area contributed by atoms with Gasteiger partial charge < -0.3 is 15.0 Å². The zero-order valence-electron chi connectivity index (χ0n) is 19.4. The number of ether oxygens (including phenoxy) is 1. The van der Waals surface area contributed by atoms with Crippen molar-refractivity contribution in [1.29, 1.82) is 0 Å². The van der Waals surface area contributed by atoms with Crippen molar-refractivity contribution < 1.29 is 14.3 Å². The number of benzene rings is 3. The van der Waals surface area contributed by atoms with Gasteiger partial charge in [0.05, 0.1) is 11.2 Å². The van der Waals surface area contributed by atoms with E-state index >= 15 is 0 Å². The second-order valence-corrected chi connectivity index (χ2v) is 8.95. The number of halogens is 2. The average molecular weight is 523 g/mol. The molecule has 0 spiro atoms. The van der Waals surface area contributed by atoms with Gasteiger partial charge in [-0.1, -0.05) is 71.7 Å². The fourth-order valence-corrected chi connectivity index (χ4v) is 4.06. The average Bonchev–Trinajstić information content (AvgIpc) is 3.29. The van der Waals surface area contributed by atoms with Crippen LogP contribution in [0.25, 0.3) is 10.9 Å². The largest absolute Gasteiger partial charge is 0.479 e. The van der Waals surface area contributed by atoms with Crippen molar-refractivity contribution in [1.82, 2.24) is 15.7 Å². The van der Waals surface area contributed by atoms with Crippen molar-refractivity contribution in [2.75, 3.05) is 0 Å². The third kappa shape index (κ3) is 6.44. The van der Waals surface area contributed by atoms with Gasteiger partial charge in [0.25, 0.3) is 11.8 Å². The fourth-order valence-electron chi connectivity index (χ4n) is 3.61. The molecule has 0 unspecified atom stereocenters. The molecule has 3 N–H and O–H groups in total. The standard InChI is InChI=1S/C27H24Cl2N4O3/c1-17(36-25-12-11-20(28)14-22(25)29)26(34)32-24(13-18-7-3-2-4-8-18)27(35)33-31-16-19-15-30-23-10-6-5-9-21(19)23/h2-12,14-17,24,30H,13H2,1H3,(H,32,34)(H,33,35)/b31-16-/t17-,24+/m1/s1. The molecule has 7 nitrogen and oxygen atoms in total. The smallest absolute Gasteiger partial charge is 0.262 e. The second kappa shape index (κ2) is 11.7. The van der Waals surface area contributed by atoms with Gasteiger partial charge in [0.15, 0.2) is 6.10 Å². The Bertz CT molecular complexity index is 1390. The van der Waals surface area contributed by atoms with E-state index in [9.17, 15) is 9.59 Å². The Balaban J connectivity index is 1.44. The number of fused-ring (bicyclic) bond motifs is 1. The Hall–Kier alpha value is -3.81. The summed E-state index contributed by atoms with van der Waals surface area (Å²) in [6.07, 6.45) is 2.73. The van der Waals surface area contributed by atoms with Crippen LogP contribution in [0.2, 0.25) is 10.0 Å². The van der Waals surface area contributed by atoms with Crippen molar-refractivity contribution in [2.45, 2.75) is 25.5 Å². The monoisotopic (exact) mass is 522 g/mol. The number of nitrogens with zero attached hydrogens (tertiary/aromatic N) is 1. The number of hydrazone groups is 1. The number of hydrogen-bond acceptors (Lipinski definition) is 4. The number of amides is 2. The molecular weight excluding hydrogens is 499 g/mol. The van der Waals surface area contributed by atoms with E-state index in [0.29, 0.717) is 10.8 Å². The fraction of sp³-hybridized carbons (Fsp3) is 0.148. The van der Waals surface area contributed by atoms with Crippen LogP contribution in [0.4, 0.5) is 0 Å². The van der Waals surface area contributed by atoms with E-state index in [4.69, 9.17) is 27.9 Å². The van der Waals surface area contributed by atoms with E-state index in [0.717, 1.165) is 22.0 Å². The van der Waals surface area contributed by atoms with Gasteiger partial charge in [0, 0.05) is 34.1 Å². The van der Waals surface area contributed by atoms with Crippen LogP contribution in [0.15, 0.2) is 84.1 Å². The number of nitrogens with one attached hydrogen (secondary N) is 3.